The minimum Gasteiger partial charge on any atom is -0.482 e. The van der Waals surface area contributed by atoms with Gasteiger partial charge in [-0.05, 0) is 48.1 Å². The molecule has 2 aromatic rings. The Morgan fingerprint density at radius 1 is 1.17 bits per heavy atom. The van der Waals surface area contributed by atoms with Crippen LogP contribution in [0.5, 0.6) is 5.75 Å². The molecular weight excluding hydrogens is 451 g/mol. The topological polar surface area (TPSA) is 84.9 Å². The second-order valence-electron chi connectivity index (χ2n) is 5.96. The normalized spacial score (nSPS) is 15.2. The third-order valence-corrected chi connectivity index (χ3v) is 5.14. The van der Waals surface area contributed by atoms with Crippen molar-refractivity contribution >= 4 is 70.1 Å². The van der Waals surface area contributed by atoms with E-state index in [9.17, 15) is 14.4 Å². The SMILES string of the molecule is COC(=O)COc1ccc(/C=C2\C(=O)NC(=S)N(c3cccc(Cl)c3Cl)C2=O)cc1. The van der Waals surface area contributed by atoms with Crippen LogP contribution in [0.4, 0.5) is 5.69 Å². The molecule has 1 fully saturated rings. The van der Waals surface area contributed by atoms with Crippen LogP contribution in [0, 0.1) is 0 Å². The summed E-state index contributed by atoms with van der Waals surface area (Å²) in [5.74, 6) is -1.36. The van der Waals surface area contributed by atoms with Crippen LogP contribution < -0.4 is 15.0 Å². The Morgan fingerprint density at radius 3 is 2.53 bits per heavy atom. The average molecular weight is 465 g/mol. The molecular formula is C20H14Cl2N2O5S. The van der Waals surface area contributed by atoms with Crippen LogP contribution >= 0.6 is 35.4 Å². The Labute approximate surface area is 187 Å². The highest BCUT2D eigenvalue weighted by Crippen LogP contribution is 2.34. The standard InChI is InChI=1S/C20H14Cl2N2O5S/c1-28-16(25)10-29-12-7-5-11(6-8-12)9-13-18(26)23-20(30)24(19(13)27)15-4-2-3-14(21)17(15)22/h2-9H,10H2,1H3,(H,23,26,30)/b13-9+. The van der Waals surface area contributed by atoms with Crippen molar-refractivity contribution in [3.8, 4) is 5.75 Å². The molecule has 0 bridgehead atoms. The van der Waals surface area contributed by atoms with E-state index >= 15 is 0 Å². The number of hydrogen-bond acceptors (Lipinski definition) is 6. The average Bonchev–Trinajstić information content (AvgIpc) is 2.73. The van der Waals surface area contributed by atoms with Gasteiger partial charge in [-0.1, -0.05) is 41.4 Å². The summed E-state index contributed by atoms with van der Waals surface area (Å²) in [5, 5.41) is 2.76. The molecule has 0 atom stereocenters. The van der Waals surface area contributed by atoms with Crippen molar-refractivity contribution in [1.82, 2.24) is 5.32 Å². The van der Waals surface area contributed by atoms with Crippen molar-refractivity contribution < 1.29 is 23.9 Å². The summed E-state index contributed by atoms with van der Waals surface area (Å²) in [5.41, 5.74) is 0.684. The molecule has 2 aromatic carbocycles. The minimum absolute atomic E-state index is 0.0992. The summed E-state index contributed by atoms with van der Waals surface area (Å²) >= 11 is 17.4. The van der Waals surface area contributed by atoms with Crippen LogP contribution in [0.2, 0.25) is 10.0 Å². The smallest absolute Gasteiger partial charge is 0.343 e. The molecule has 0 aliphatic carbocycles. The highest BCUT2D eigenvalue weighted by molar-refractivity contribution is 7.80. The monoisotopic (exact) mass is 464 g/mol. The maximum Gasteiger partial charge on any atom is 0.343 e. The number of anilines is 1. The van der Waals surface area contributed by atoms with Gasteiger partial charge < -0.3 is 9.47 Å². The highest BCUT2D eigenvalue weighted by atomic mass is 35.5. The quantitative estimate of drug-likeness (QED) is 0.316. The van der Waals surface area contributed by atoms with Gasteiger partial charge in [0.1, 0.15) is 11.3 Å². The third kappa shape index (κ3) is 4.62. The number of carbonyl (C=O) groups is 3. The Kier molecular flexibility index (Phi) is 6.71. The highest BCUT2D eigenvalue weighted by Gasteiger charge is 2.35. The molecule has 0 saturated carbocycles. The number of carbonyl (C=O) groups excluding carboxylic acids is 3. The number of methoxy groups -OCH3 is 1. The number of amides is 2. The molecule has 0 aromatic heterocycles. The Balaban J connectivity index is 1.87. The minimum atomic E-state index is -0.640. The second kappa shape index (κ2) is 9.25. The van der Waals surface area contributed by atoms with Gasteiger partial charge in [0, 0.05) is 0 Å². The van der Waals surface area contributed by atoms with Crippen LogP contribution in [0.3, 0.4) is 0 Å². The summed E-state index contributed by atoms with van der Waals surface area (Å²) in [4.78, 5) is 37.7. The number of benzene rings is 2. The van der Waals surface area contributed by atoms with E-state index in [0.717, 1.165) is 4.90 Å². The van der Waals surface area contributed by atoms with Crippen LogP contribution in [0.25, 0.3) is 6.08 Å². The van der Waals surface area contributed by atoms with E-state index in [1.165, 1.54) is 13.2 Å². The molecule has 7 nitrogen and oxygen atoms in total. The summed E-state index contributed by atoms with van der Waals surface area (Å²) in [6.45, 7) is -0.232. The number of ether oxygens (including phenoxy) is 2. The molecule has 10 heteroatoms. The van der Waals surface area contributed by atoms with E-state index in [0.29, 0.717) is 11.3 Å². The molecule has 3 rings (SSSR count). The van der Waals surface area contributed by atoms with Gasteiger partial charge >= 0.3 is 5.97 Å². The first kappa shape index (κ1) is 21.8. The maximum atomic E-state index is 13.0. The molecule has 1 saturated heterocycles. The number of halogens is 2. The molecule has 1 heterocycles. The zero-order valence-corrected chi connectivity index (χ0v) is 17.8. The van der Waals surface area contributed by atoms with E-state index in [-0.39, 0.29) is 33.0 Å². The van der Waals surface area contributed by atoms with Gasteiger partial charge in [-0.15, -0.1) is 0 Å². The Bertz CT molecular complexity index is 1070. The lowest BCUT2D eigenvalue weighted by molar-refractivity contribution is -0.143. The molecule has 0 radical (unpaired) electrons. The Morgan fingerprint density at radius 2 is 1.87 bits per heavy atom. The molecule has 0 spiro atoms. The number of esters is 1. The van der Waals surface area contributed by atoms with Crippen molar-refractivity contribution in [3.05, 3.63) is 63.6 Å². The lowest BCUT2D eigenvalue weighted by Gasteiger charge is -2.29. The van der Waals surface area contributed by atoms with Gasteiger partial charge in [-0.3, -0.25) is 19.8 Å². The zero-order valence-electron chi connectivity index (χ0n) is 15.5. The van der Waals surface area contributed by atoms with Gasteiger partial charge in [0.15, 0.2) is 11.7 Å². The number of thiocarbonyl (C=S) groups is 1. The first-order valence-electron chi connectivity index (χ1n) is 8.47. The molecule has 154 valence electrons. The van der Waals surface area contributed by atoms with E-state index < -0.39 is 17.8 Å². The summed E-state index contributed by atoms with van der Waals surface area (Å²) in [7, 11) is 1.26. The van der Waals surface area contributed by atoms with Crippen LogP contribution in [0.1, 0.15) is 5.56 Å². The predicted octanol–water partition coefficient (Wildman–Crippen LogP) is 3.38. The summed E-state index contributed by atoms with van der Waals surface area (Å²) < 4.78 is 9.77. The number of nitrogens with one attached hydrogen (secondary N) is 1. The molecule has 2 amide bonds. The fourth-order valence-corrected chi connectivity index (χ4v) is 3.22. The molecule has 1 N–H and O–H groups in total. The molecule has 0 unspecified atom stereocenters. The van der Waals surface area contributed by atoms with Crippen molar-refractivity contribution in [2.24, 2.45) is 0 Å². The number of hydrogen-bond donors (Lipinski definition) is 1. The zero-order chi connectivity index (χ0) is 21.8. The largest absolute Gasteiger partial charge is 0.482 e. The fraction of sp³-hybridized carbons (Fsp3) is 0.100. The Hall–Kier alpha value is -2.94. The molecule has 1 aliphatic heterocycles. The van der Waals surface area contributed by atoms with Crippen molar-refractivity contribution in [2.45, 2.75) is 0 Å². The van der Waals surface area contributed by atoms with Gasteiger partial charge in [0.2, 0.25) is 0 Å². The van der Waals surface area contributed by atoms with Crippen LogP contribution in [-0.2, 0) is 19.1 Å². The van der Waals surface area contributed by atoms with Crippen LogP contribution in [-0.4, -0.2) is 36.6 Å². The van der Waals surface area contributed by atoms with Crippen LogP contribution in [0.15, 0.2) is 48.0 Å². The van der Waals surface area contributed by atoms with Gasteiger partial charge in [0.25, 0.3) is 11.8 Å². The predicted molar refractivity (Wildman–Crippen MR) is 117 cm³/mol. The number of rotatable bonds is 5. The van der Waals surface area contributed by atoms with Gasteiger partial charge in [0.05, 0.1) is 22.8 Å². The maximum absolute atomic E-state index is 13.0. The van der Waals surface area contributed by atoms with Gasteiger partial charge in [-0.25, -0.2) is 4.79 Å². The van der Waals surface area contributed by atoms with Gasteiger partial charge in [-0.2, -0.15) is 0 Å². The molecule has 1 aliphatic rings. The second-order valence-corrected chi connectivity index (χ2v) is 7.14. The third-order valence-electron chi connectivity index (χ3n) is 4.05. The first-order valence-corrected chi connectivity index (χ1v) is 9.63. The molecule has 30 heavy (non-hydrogen) atoms. The first-order chi connectivity index (χ1) is 14.3. The van der Waals surface area contributed by atoms with E-state index in [4.69, 9.17) is 40.2 Å². The lowest BCUT2D eigenvalue weighted by Crippen LogP contribution is -2.54. The van der Waals surface area contributed by atoms with E-state index in [2.05, 4.69) is 10.1 Å². The fourth-order valence-electron chi connectivity index (χ4n) is 2.57. The number of nitrogens with zero attached hydrogens (tertiary/aromatic N) is 1. The van der Waals surface area contributed by atoms with Crippen molar-refractivity contribution in [2.75, 3.05) is 18.6 Å². The van der Waals surface area contributed by atoms with E-state index in [1.807, 2.05) is 0 Å². The summed E-state index contributed by atoms with van der Waals surface area (Å²) in [6, 6.07) is 11.2. The lowest BCUT2D eigenvalue weighted by atomic mass is 10.1. The van der Waals surface area contributed by atoms with E-state index in [1.54, 1.807) is 42.5 Å². The van der Waals surface area contributed by atoms with Crippen molar-refractivity contribution in [1.29, 1.82) is 0 Å². The van der Waals surface area contributed by atoms with Crippen molar-refractivity contribution in [3.63, 3.8) is 0 Å². The summed E-state index contributed by atoms with van der Waals surface area (Å²) in [6.07, 6.45) is 1.41.